The molecule has 8 nitrogen and oxygen atoms in total. The number of fused-ring (bicyclic) bond motifs is 1. The molecule has 1 aliphatic heterocycles. The number of nitrogens with one attached hydrogen (secondary N) is 1. The Morgan fingerprint density at radius 1 is 0.967 bits per heavy atom. The molecule has 5 rings (SSSR count). The summed E-state index contributed by atoms with van der Waals surface area (Å²) in [5, 5.41) is 13.3. The van der Waals surface area contributed by atoms with E-state index in [0.717, 1.165) is 80.4 Å². The van der Waals surface area contributed by atoms with E-state index in [0.29, 0.717) is 6.04 Å². The van der Waals surface area contributed by atoms with E-state index in [1.54, 1.807) is 0 Å². The van der Waals surface area contributed by atoms with Crippen LogP contribution >= 0.6 is 0 Å². The fourth-order valence-corrected chi connectivity index (χ4v) is 4.41. The Balaban J connectivity index is 1.37. The van der Waals surface area contributed by atoms with Crippen molar-refractivity contribution in [3.63, 3.8) is 0 Å². The summed E-state index contributed by atoms with van der Waals surface area (Å²) in [6.07, 6.45) is 11.0. The summed E-state index contributed by atoms with van der Waals surface area (Å²) >= 11 is 0. The molecule has 1 saturated carbocycles. The molecule has 1 aliphatic carbocycles. The summed E-state index contributed by atoms with van der Waals surface area (Å²) in [6.45, 7) is 4.15. The van der Waals surface area contributed by atoms with Gasteiger partial charge in [0.05, 0.1) is 18.0 Å². The van der Waals surface area contributed by atoms with Crippen molar-refractivity contribution in [1.29, 1.82) is 0 Å². The van der Waals surface area contributed by atoms with E-state index < -0.39 is 0 Å². The van der Waals surface area contributed by atoms with Gasteiger partial charge in [0.25, 0.3) is 0 Å². The van der Waals surface area contributed by atoms with Gasteiger partial charge in [0.2, 0.25) is 0 Å². The minimum Gasteiger partial charge on any atom is -0.393 e. The lowest BCUT2D eigenvalue weighted by molar-refractivity contribution is 0.126. The summed E-state index contributed by atoms with van der Waals surface area (Å²) in [5.41, 5.74) is 2.82. The number of imidazole rings is 1. The number of pyridine rings is 1. The summed E-state index contributed by atoms with van der Waals surface area (Å²) in [5.74, 6) is 1.83. The standard InChI is InChI=1S/C22H29N7O/c1-27-10-12-28(13-11-27)20-7-2-16(14-24-20)19-15-25-21(22-23-8-9-29(19)22)26-17-3-5-18(30)6-4-17/h2,7-9,14-15,17-18,30H,3-6,10-13H2,1H3,(H,25,26). The van der Waals surface area contributed by atoms with Gasteiger partial charge in [-0.25, -0.2) is 15.0 Å². The van der Waals surface area contributed by atoms with E-state index in [1.807, 2.05) is 24.8 Å². The van der Waals surface area contributed by atoms with Crippen LogP contribution in [0.2, 0.25) is 0 Å². The van der Waals surface area contributed by atoms with E-state index in [-0.39, 0.29) is 6.10 Å². The van der Waals surface area contributed by atoms with Crippen molar-refractivity contribution in [3.8, 4) is 11.3 Å². The molecular weight excluding hydrogens is 378 g/mol. The molecule has 8 heteroatoms. The van der Waals surface area contributed by atoms with Crippen LogP contribution in [0.15, 0.2) is 36.9 Å². The Kier molecular flexibility index (Phi) is 5.26. The highest BCUT2D eigenvalue weighted by atomic mass is 16.3. The molecule has 3 aromatic rings. The summed E-state index contributed by atoms with van der Waals surface area (Å²) in [4.78, 5) is 18.6. The molecule has 158 valence electrons. The number of rotatable bonds is 4. The van der Waals surface area contributed by atoms with Gasteiger partial charge in [0, 0.05) is 56.4 Å². The van der Waals surface area contributed by atoms with Gasteiger partial charge < -0.3 is 20.2 Å². The molecule has 0 amide bonds. The molecule has 3 aromatic heterocycles. The zero-order valence-electron chi connectivity index (χ0n) is 17.4. The lowest BCUT2D eigenvalue weighted by atomic mass is 9.93. The number of aliphatic hydroxyl groups excluding tert-OH is 1. The van der Waals surface area contributed by atoms with Gasteiger partial charge in [0.1, 0.15) is 5.82 Å². The Morgan fingerprint density at radius 3 is 2.50 bits per heavy atom. The second kappa shape index (κ2) is 8.20. The van der Waals surface area contributed by atoms with Crippen LogP contribution in [0.3, 0.4) is 0 Å². The minimum absolute atomic E-state index is 0.161. The predicted molar refractivity (Wildman–Crippen MR) is 118 cm³/mol. The van der Waals surface area contributed by atoms with E-state index in [9.17, 15) is 5.11 Å². The highest BCUT2D eigenvalue weighted by molar-refractivity contribution is 5.70. The first-order valence-electron chi connectivity index (χ1n) is 10.8. The number of anilines is 2. The zero-order valence-corrected chi connectivity index (χ0v) is 17.4. The van der Waals surface area contributed by atoms with Crippen LogP contribution in [0.5, 0.6) is 0 Å². The SMILES string of the molecule is CN1CCN(c2ccc(-c3cnc(NC4CCC(O)CC4)c4nccn34)cn2)CC1. The van der Waals surface area contributed by atoms with E-state index >= 15 is 0 Å². The first kappa shape index (κ1) is 19.3. The molecule has 2 N–H and O–H groups in total. The van der Waals surface area contributed by atoms with Gasteiger partial charge in [-0.2, -0.15) is 0 Å². The molecule has 0 spiro atoms. The summed E-state index contributed by atoms with van der Waals surface area (Å²) in [7, 11) is 2.16. The first-order chi connectivity index (χ1) is 14.7. The molecule has 30 heavy (non-hydrogen) atoms. The fourth-order valence-electron chi connectivity index (χ4n) is 4.41. The fraction of sp³-hybridized carbons (Fsp3) is 0.500. The van der Waals surface area contributed by atoms with Crippen molar-refractivity contribution in [2.24, 2.45) is 0 Å². The third kappa shape index (κ3) is 3.85. The van der Waals surface area contributed by atoms with E-state index in [1.165, 1.54) is 0 Å². The number of aliphatic hydroxyl groups is 1. The van der Waals surface area contributed by atoms with E-state index in [2.05, 4.69) is 48.7 Å². The van der Waals surface area contributed by atoms with Gasteiger partial charge >= 0.3 is 0 Å². The lowest BCUT2D eigenvalue weighted by Crippen LogP contribution is -2.44. The average molecular weight is 408 g/mol. The average Bonchev–Trinajstić information content (AvgIpc) is 3.27. The second-order valence-electron chi connectivity index (χ2n) is 8.46. The molecular formula is C22H29N7O. The molecule has 2 fully saturated rings. The zero-order chi connectivity index (χ0) is 20.5. The Morgan fingerprint density at radius 2 is 1.77 bits per heavy atom. The highest BCUT2D eigenvalue weighted by Crippen LogP contribution is 2.27. The quantitative estimate of drug-likeness (QED) is 0.686. The van der Waals surface area contributed by atoms with Crippen molar-refractivity contribution in [3.05, 3.63) is 36.9 Å². The van der Waals surface area contributed by atoms with Crippen molar-refractivity contribution in [2.45, 2.75) is 37.8 Å². The lowest BCUT2D eigenvalue weighted by Gasteiger charge is -2.33. The van der Waals surface area contributed by atoms with Crippen molar-refractivity contribution >= 4 is 17.3 Å². The number of aromatic nitrogens is 4. The van der Waals surface area contributed by atoms with Gasteiger partial charge in [-0.05, 0) is 44.9 Å². The van der Waals surface area contributed by atoms with Crippen molar-refractivity contribution < 1.29 is 5.11 Å². The molecule has 0 unspecified atom stereocenters. The van der Waals surface area contributed by atoms with Crippen LogP contribution in [-0.4, -0.2) is 74.7 Å². The van der Waals surface area contributed by atoms with Gasteiger partial charge in [-0.1, -0.05) is 0 Å². The van der Waals surface area contributed by atoms with Gasteiger partial charge in [0.15, 0.2) is 11.5 Å². The van der Waals surface area contributed by atoms with Crippen LogP contribution in [-0.2, 0) is 0 Å². The van der Waals surface area contributed by atoms with Crippen molar-refractivity contribution in [1.82, 2.24) is 24.3 Å². The highest BCUT2D eigenvalue weighted by Gasteiger charge is 2.21. The molecule has 0 aromatic carbocycles. The third-order valence-corrected chi connectivity index (χ3v) is 6.34. The molecule has 2 aliphatic rings. The number of hydrogen-bond donors (Lipinski definition) is 2. The maximum atomic E-state index is 9.74. The monoisotopic (exact) mass is 407 g/mol. The summed E-state index contributed by atoms with van der Waals surface area (Å²) in [6, 6.07) is 4.55. The number of nitrogens with zero attached hydrogens (tertiary/aromatic N) is 6. The van der Waals surface area contributed by atoms with E-state index in [4.69, 9.17) is 4.98 Å². The Hall–Kier alpha value is -2.71. The largest absolute Gasteiger partial charge is 0.393 e. The third-order valence-electron chi connectivity index (χ3n) is 6.34. The van der Waals surface area contributed by atoms with Crippen LogP contribution in [0.1, 0.15) is 25.7 Å². The van der Waals surface area contributed by atoms with Gasteiger partial charge in [-0.15, -0.1) is 0 Å². The first-order valence-corrected chi connectivity index (χ1v) is 10.8. The van der Waals surface area contributed by atoms with Crippen molar-refractivity contribution in [2.75, 3.05) is 43.4 Å². The van der Waals surface area contributed by atoms with Crippen LogP contribution in [0, 0.1) is 0 Å². The molecule has 0 bridgehead atoms. The summed E-state index contributed by atoms with van der Waals surface area (Å²) < 4.78 is 2.07. The second-order valence-corrected chi connectivity index (χ2v) is 8.46. The van der Waals surface area contributed by atoms with Crippen LogP contribution in [0.25, 0.3) is 16.9 Å². The normalized spacial score (nSPS) is 23.1. The van der Waals surface area contributed by atoms with Crippen LogP contribution < -0.4 is 10.2 Å². The maximum absolute atomic E-state index is 9.74. The predicted octanol–water partition coefficient (Wildman–Crippen LogP) is 2.26. The number of likely N-dealkylation sites (N-methyl/N-ethyl adjacent to an activating group) is 1. The number of piperazine rings is 1. The molecule has 0 radical (unpaired) electrons. The topological polar surface area (TPSA) is 81.8 Å². The number of hydrogen-bond acceptors (Lipinski definition) is 7. The minimum atomic E-state index is -0.161. The maximum Gasteiger partial charge on any atom is 0.180 e. The molecule has 0 atom stereocenters. The van der Waals surface area contributed by atoms with Gasteiger partial charge in [-0.3, -0.25) is 4.40 Å². The van der Waals surface area contributed by atoms with Crippen LogP contribution in [0.4, 0.5) is 11.6 Å². The molecule has 4 heterocycles. The Labute approximate surface area is 176 Å². The Bertz CT molecular complexity index is 986. The smallest absolute Gasteiger partial charge is 0.180 e. The molecule has 1 saturated heterocycles.